The van der Waals surface area contributed by atoms with Crippen LogP contribution in [0.15, 0.2) is 0 Å². The summed E-state index contributed by atoms with van der Waals surface area (Å²) in [6.07, 6.45) is 4.59. The fraction of sp³-hybridized carbons (Fsp3) is 0.727. The summed E-state index contributed by atoms with van der Waals surface area (Å²) in [5.41, 5.74) is 0. The molecule has 0 radical (unpaired) electrons. The fourth-order valence-corrected chi connectivity index (χ4v) is 3.00. The van der Waals surface area contributed by atoms with Gasteiger partial charge in [-0.15, -0.1) is 10.2 Å². The van der Waals surface area contributed by atoms with Gasteiger partial charge in [0.2, 0.25) is 9.47 Å². The number of aromatic nitrogens is 2. The number of carbonyl (C=O) groups is 1. The van der Waals surface area contributed by atoms with Gasteiger partial charge in [-0.2, -0.15) is 0 Å². The van der Waals surface area contributed by atoms with Crippen molar-refractivity contribution in [2.45, 2.75) is 32.6 Å². The Balaban J connectivity index is 2.00. The summed E-state index contributed by atoms with van der Waals surface area (Å²) in [5, 5.41) is 7.89. The number of amides is 1. The van der Waals surface area contributed by atoms with Crippen molar-refractivity contribution in [3.05, 3.63) is 9.47 Å². The Morgan fingerprint density at radius 2 is 2.29 bits per heavy atom. The highest BCUT2D eigenvalue weighted by molar-refractivity contribution is 7.17. The molecule has 94 valence electrons. The summed E-state index contributed by atoms with van der Waals surface area (Å²) in [6.45, 7) is 3.87. The first-order chi connectivity index (χ1) is 8.20. The Morgan fingerprint density at radius 1 is 1.47 bits per heavy atom. The molecule has 2 rings (SSSR count). The summed E-state index contributed by atoms with van der Waals surface area (Å²) in [6, 6.07) is 0. The minimum atomic E-state index is -0.0221. The number of carbonyl (C=O) groups excluding carboxylic acids is 1. The Kier molecular flexibility index (Phi) is 4.34. The van der Waals surface area contributed by atoms with Crippen LogP contribution in [0.5, 0.6) is 0 Å². The van der Waals surface area contributed by atoms with E-state index in [9.17, 15) is 4.79 Å². The van der Waals surface area contributed by atoms with Crippen LogP contribution in [0.3, 0.4) is 0 Å². The second kappa shape index (κ2) is 5.78. The van der Waals surface area contributed by atoms with Gasteiger partial charge < -0.3 is 4.90 Å². The quantitative estimate of drug-likeness (QED) is 0.832. The average molecular weight is 274 g/mol. The zero-order valence-electron chi connectivity index (χ0n) is 9.86. The maximum absolute atomic E-state index is 12.1. The van der Waals surface area contributed by atoms with Gasteiger partial charge >= 0.3 is 0 Å². The van der Waals surface area contributed by atoms with E-state index in [0.717, 1.165) is 43.2 Å². The zero-order chi connectivity index (χ0) is 12.3. The number of hydrogen-bond acceptors (Lipinski definition) is 4. The molecule has 2 heterocycles. The summed E-state index contributed by atoms with van der Waals surface area (Å²) in [4.78, 5) is 14.0. The molecule has 1 aliphatic rings. The van der Waals surface area contributed by atoms with Crippen molar-refractivity contribution in [2.75, 3.05) is 13.1 Å². The standard InChI is InChI=1S/C11H16ClN3OS/c1-2-8-4-3-6-15(7-5-8)10(16)9-13-14-11(12)17-9/h8H,2-7H2,1H3. The number of nitrogens with zero attached hydrogens (tertiary/aromatic N) is 3. The Morgan fingerprint density at radius 3 is 2.94 bits per heavy atom. The predicted octanol–water partition coefficient (Wildman–Crippen LogP) is 2.84. The van der Waals surface area contributed by atoms with Crippen molar-refractivity contribution in [1.82, 2.24) is 15.1 Å². The number of halogens is 1. The highest BCUT2D eigenvalue weighted by Gasteiger charge is 2.23. The summed E-state index contributed by atoms with van der Waals surface area (Å²) < 4.78 is 0.328. The first kappa shape index (κ1) is 12.8. The lowest BCUT2D eigenvalue weighted by Crippen LogP contribution is -2.31. The molecule has 6 heteroatoms. The van der Waals surface area contributed by atoms with Crippen LogP contribution in [0.2, 0.25) is 4.47 Å². The molecule has 1 aromatic heterocycles. The van der Waals surface area contributed by atoms with Crippen LogP contribution in [0, 0.1) is 5.92 Å². The van der Waals surface area contributed by atoms with Crippen LogP contribution in [0.1, 0.15) is 42.4 Å². The SMILES string of the molecule is CCC1CCCN(C(=O)c2nnc(Cl)s2)CC1. The van der Waals surface area contributed by atoms with Crippen molar-refractivity contribution in [3.63, 3.8) is 0 Å². The molecule has 1 aromatic rings. The molecular weight excluding hydrogens is 258 g/mol. The van der Waals surface area contributed by atoms with Crippen LogP contribution in [0.4, 0.5) is 0 Å². The fourth-order valence-electron chi connectivity index (χ4n) is 2.20. The largest absolute Gasteiger partial charge is 0.337 e. The van der Waals surface area contributed by atoms with E-state index in [4.69, 9.17) is 11.6 Å². The van der Waals surface area contributed by atoms with Gasteiger partial charge in [0.05, 0.1) is 0 Å². The summed E-state index contributed by atoms with van der Waals surface area (Å²) in [7, 11) is 0. The van der Waals surface area contributed by atoms with Gasteiger partial charge in [-0.1, -0.05) is 24.7 Å². The lowest BCUT2D eigenvalue weighted by molar-refractivity contribution is 0.0758. The number of likely N-dealkylation sites (tertiary alicyclic amines) is 1. The molecule has 17 heavy (non-hydrogen) atoms. The van der Waals surface area contributed by atoms with Gasteiger partial charge in [0.25, 0.3) is 5.91 Å². The van der Waals surface area contributed by atoms with Gasteiger partial charge in [-0.05, 0) is 36.8 Å². The van der Waals surface area contributed by atoms with Gasteiger partial charge in [-0.3, -0.25) is 4.79 Å². The minimum Gasteiger partial charge on any atom is -0.337 e. The Labute approximate surface area is 110 Å². The third-order valence-corrected chi connectivity index (χ3v) is 4.30. The molecule has 1 saturated heterocycles. The topological polar surface area (TPSA) is 46.1 Å². The second-order valence-corrected chi connectivity index (χ2v) is 5.92. The summed E-state index contributed by atoms with van der Waals surface area (Å²) >= 11 is 6.85. The first-order valence-corrected chi connectivity index (χ1v) is 7.18. The van der Waals surface area contributed by atoms with Crippen LogP contribution < -0.4 is 0 Å². The molecule has 0 bridgehead atoms. The van der Waals surface area contributed by atoms with Crippen molar-refractivity contribution in [3.8, 4) is 0 Å². The van der Waals surface area contributed by atoms with Gasteiger partial charge in [0.1, 0.15) is 0 Å². The smallest absolute Gasteiger partial charge is 0.284 e. The predicted molar refractivity (Wildman–Crippen MR) is 68.5 cm³/mol. The van der Waals surface area contributed by atoms with E-state index in [1.807, 2.05) is 4.90 Å². The molecule has 1 fully saturated rings. The summed E-state index contributed by atoms with van der Waals surface area (Å²) in [5.74, 6) is 0.733. The number of rotatable bonds is 2. The van der Waals surface area contributed by atoms with Crippen LogP contribution in [-0.4, -0.2) is 34.1 Å². The zero-order valence-corrected chi connectivity index (χ0v) is 11.4. The molecular formula is C11H16ClN3OS. The molecule has 1 unspecified atom stereocenters. The van der Waals surface area contributed by atoms with Crippen molar-refractivity contribution >= 4 is 28.8 Å². The van der Waals surface area contributed by atoms with Crippen molar-refractivity contribution in [1.29, 1.82) is 0 Å². The molecule has 0 N–H and O–H groups in total. The Bertz CT molecular complexity index is 396. The van der Waals surface area contributed by atoms with E-state index in [1.165, 1.54) is 12.8 Å². The molecule has 1 amide bonds. The highest BCUT2D eigenvalue weighted by atomic mass is 35.5. The van der Waals surface area contributed by atoms with Crippen LogP contribution in [-0.2, 0) is 0 Å². The molecule has 0 aromatic carbocycles. The van der Waals surface area contributed by atoms with E-state index >= 15 is 0 Å². The van der Waals surface area contributed by atoms with Gasteiger partial charge in [0.15, 0.2) is 0 Å². The maximum atomic E-state index is 12.1. The highest BCUT2D eigenvalue weighted by Crippen LogP contribution is 2.22. The molecule has 0 aliphatic carbocycles. The monoisotopic (exact) mass is 273 g/mol. The molecule has 1 aliphatic heterocycles. The minimum absolute atomic E-state index is 0.0221. The van der Waals surface area contributed by atoms with Gasteiger partial charge in [0, 0.05) is 13.1 Å². The second-order valence-electron chi connectivity index (χ2n) is 4.36. The van der Waals surface area contributed by atoms with E-state index in [1.54, 1.807) is 0 Å². The first-order valence-electron chi connectivity index (χ1n) is 5.99. The molecule has 1 atom stereocenters. The Hall–Kier alpha value is -0.680. The third-order valence-electron chi connectivity index (χ3n) is 3.30. The average Bonchev–Trinajstić information content (AvgIpc) is 2.64. The third kappa shape index (κ3) is 3.16. The van der Waals surface area contributed by atoms with Crippen LogP contribution in [0.25, 0.3) is 0 Å². The van der Waals surface area contributed by atoms with Gasteiger partial charge in [-0.25, -0.2) is 0 Å². The van der Waals surface area contributed by atoms with E-state index in [0.29, 0.717) is 9.47 Å². The molecule has 4 nitrogen and oxygen atoms in total. The van der Waals surface area contributed by atoms with E-state index in [-0.39, 0.29) is 5.91 Å². The lowest BCUT2D eigenvalue weighted by atomic mass is 9.98. The van der Waals surface area contributed by atoms with E-state index < -0.39 is 0 Å². The van der Waals surface area contributed by atoms with E-state index in [2.05, 4.69) is 17.1 Å². The van der Waals surface area contributed by atoms with Crippen molar-refractivity contribution in [2.24, 2.45) is 5.92 Å². The van der Waals surface area contributed by atoms with Crippen LogP contribution >= 0.6 is 22.9 Å². The maximum Gasteiger partial charge on any atom is 0.284 e. The normalized spacial score (nSPS) is 21.3. The molecule has 0 saturated carbocycles. The molecule has 0 spiro atoms. The lowest BCUT2D eigenvalue weighted by Gasteiger charge is -2.18. The number of hydrogen-bond donors (Lipinski definition) is 0. The van der Waals surface area contributed by atoms with Crippen molar-refractivity contribution < 1.29 is 4.79 Å².